The highest BCUT2D eigenvalue weighted by atomic mass is 79.9. The molecule has 0 atom stereocenters. The summed E-state index contributed by atoms with van der Waals surface area (Å²) >= 11 is 9.28. The van der Waals surface area contributed by atoms with Crippen LogP contribution in [0.2, 0.25) is 5.02 Å². The lowest BCUT2D eigenvalue weighted by molar-refractivity contribution is 0.628. The van der Waals surface area contributed by atoms with E-state index in [0.717, 1.165) is 5.82 Å². The normalized spacial score (nSPS) is 10.8. The van der Waals surface area contributed by atoms with E-state index in [-0.39, 0.29) is 5.02 Å². The van der Waals surface area contributed by atoms with Crippen LogP contribution in [0, 0.1) is 5.82 Å². The monoisotopic (exact) mass is 317 g/mol. The zero-order chi connectivity index (χ0) is 12.4. The van der Waals surface area contributed by atoms with Crippen molar-refractivity contribution in [1.29, 1.82) is 0 Å². The maximum absolute atomic E-state index is 13.4. The Morgan fingerprint density at radius 2 is 2.18 bits per heavy atom. The zero-order valence-corrected chi connectivity index (χ0v) is 11.5. The average molecular weight is 319 g/mol. The second-order valence-corrected chi connectivity index (χ2v) is 4.36. The molecule has 0 fully saturated rings. The van der Waals surface area contributed by atoms with Gasteiger partial charge >= 0.3 is 0 Å². The minimum atomic E-state index is -0.449. The molecule has 0 saturated carbocycles. The summed E-state index contributed by atoms with van der Waals surface area (Å²) in [5.41, 5.74) is 0.563. The summed E-state index contributed by atoms with van der Waals surface area (Å²) in [5.74, 6) is 0.935. The number of halogens is 3. The van der Waals surface area contributed by atoms with Crippen molar-refractivity contribution >= 4 is 27.5 Å². The molecule has 17 heavy (non-hydrogen) atoms. The first-order chi connectivity index (χ1) is 8.19. The molecule has 0 aliphatic rings. The van der Waals surface area contributed by atoms with Crippen molar-refractivity contribution in [1.82, 2.24) is 14.8 Å². The second-order valence-electron chi connectivity index (χ2n) is 3.42. The van der Waals surface area contributed by atoms with Gasteiger partial charge in [-0.1, -0.05) is 33.6 Å². The fraction of sp³-hybridized carbons (Fsp3) is 0.273. The van der Waals surface area contributed by atoms with E-state index in [4.69, 9.17) is 11.6 Å². The van der Waals surface area contributed by atoms with Gasteiger partial charge in [0.2, 0.25) is 0 Å². The number of alkyl halides is 1. The summed E-state index contributed by atoms with van der Waals surface area (Å²) in [4.78, 5) is 0. The number of rotatable bonds is 3. The van der Waals surface area contributed by atoms with Crippen molar-refractivity contribution in [3.63, 3.8) is 0 Å². The van der Waals surface area contributed by atoms with Gasteiger partial charge in [0.1, 0.15) is 11.6 Å². The predicted molar refractivity (Wildman–Crippen MR) is 68.7 cm³/mol. The van der Waals surface area contributed by atoms with E-state index in [1.54, 1.807) is 12.1 Å². The minimum absolute atomic E-state index is 0.0794. The van der Waals surface area contributed by atoms with Crippen molar-refractivity contribution in [3.8, 4) is 11.4 Å². The van der Waals surface area contributed by atoms with Crippen LogP contribution in [0.1, 0.15) is 12.7 Å². The molecule has 0 unspecified atom stereocenters. The van der Waals surface area contributed by atoms with E-state index < -0.39 is 5.82 Å². The Kier molecular flexibility index (Phi) is 3.79. The van der Waals surface area contributed by atoms with Gasteiger partial charge in [-0.25, -0.2) is 4.39 Å². The number of benzene rings is 1. The fourth-order valence-corrected chi connectivity index (χ4v) is 2.27. The minimum Gasteiger partial charge on any atom is -0.311 e. The first-order valence-electron chi connectivity index (χ1n) is 5.11. The largest absolute Gasteiger partial charge is 0.311 e. The van der Waals surface area contributed by atoms with E-state index >= 15 is 0 Å². The quantitative estimate of drug-likeness (QED) is 0.809. The number of hydrogen-bond donors (Lipinski definition) is 0. The van der Waals surface area contributed by atoms with Gasteiger partial charge in [0.15, 0.2) is 5.82 Å². The molecule has 0 spiro atoms. The molecule has 1 aromatic carbocycles. The Labute approximate surface area is 112 Å². The maximum atomic E-state index is 13.4. The number of nitrogens with zero attached hydrogens (tertiary/aromatic N) is 3. The molecule has 0 aliphatic heterocycles. The molecule has 0 aliphatic carbocycles. The summed E-state index contributed by atoms with van der Waals surface area (Å²) < 4.78 is 15.3. The third kappa shape index (κ3) is 2.21. The first-order valence-corrected chi connectivity index (χ1v) is 6.61. The number of aromatic nitrogens is 3. The Morgan fingerprint density at radius 1 is 1.41 bits per heavy atom. The number of hydrogen-bond acceptors (Lipinski definition) is 2. The molecule has 0 amide bonds. The topological polar surface area (TPSA) is 30.7 Å². The third-order valence-electron chi connectivity index (χ3n) is 2.46. The summed E-state index contributed by atoms with van der Waals surface area (Å²) in [6.45, 7) is 2.68. The highest BCUT2D eigenvalue weighted by Crippen LogP contribution is 2.29. The van der Waals surface area contributed by atoms with Gasteiger partial charge in [-0.15, -0.1) is 10.2 Å². The molecule has 0 radical (unpaired) electrons. The van der Waals surface area contributed by atoms with E-state index in [0.29, 0.717) is 23.3 Å². The highest BCUT2D eigenvalue weighted by Gasteiger charge is 2.16. The first kappa shape index (κ1) is 12.5. The fourth-order valence-electron chi connectivity index (χ4n) is 1.64. The van der Waals surface area contributed by atoms with Crippen LogP contribution in [0.5, 0.6) is 0 Å². The van der Waals surface area contributed by atoms with Crippen LogP contribution in [-0.4, -0.2) is 14.8 Å². The van der Waals surface area contributed by atoms with Gasteiger partial charge in [-0.2, -0.15) is 0 Å². The molecule has 0 saturated heterocycles. The van der Waals surface area contributed by atoms with Crippen LogP contribution in [0.4, 0.5) is 4.39 Å². The van der Waals surface area contributed by atoms with Crippen molar-refractivity contribution < 1.29 is 4.39 Å². The third-order valence-corrected chi connectivity index (χ3v) is 3.34. The van der Waals surface area contributed by atoms with Crippen molar-refractivity contribution in [2.45, 2.75) is 18.8 Å². The van der Waals surface area contributed by atoms with E-state index in [1.165, 1.54) is 6.07 Å². The lowest BCUT2D eigenvalue weighted by Gasteiger charge is -2.07. The Balaban J connectivity index is 2.60. The summed E-state index contributed by atoms with van der Waals surface area (Å²) in [6, 6.07) is 4.67. The van der Waals surface area contributed by atoms with Gasteiger partial charge in [0.25, 0.3) is 0 Å². The molecular weight excluding hydrogens is 308 g/mol. The van der Waals surface area contributed by atoms with Crippen LogP contribution >= 0.6 is 27.5 Å². The molecule has 2 rings (SSSR count). The summed E-state index contributed by atoms with van der Waals surface area (Å²) in [7, 11) is 0. The highest BCUT2D eigenvalue weighted by molar-refractivity contribution is 9.08. The predicted octanol–water partition coefficient (Wildman–Crippen LogP) is 3.65. The molecule has 90 valence electrons. The van der Waals surface area contributed by atoms with Crippen molar-refractivity contribution in [2.75, 3.05) is 0 Å². The Hall–Kier alpha value is -0.940. The van der Waals surface area contributed by atoms with Crippen LogP contribution < -0.4 is 0 Å². The van der Waals surface area contributed by atoms with Gasteiger partial charge < -0.3 is 4.57 Å². The zero-order valence-electron chi connectivity index (χ0n) is 9.12. The van der Waals surface area contributed by atoms with Crippen molar-refractivity contribution in [3.05, 3.63) is 34.9 Å². The molecule has 6 heteroatoms. The molecule has 1 heterocycles. The second kappa shape index (κ2) is 5.14. The van der Waals surface area contributed by atoms with Crippen LogP contribution in [-0.2, 0) is 11.9 Å². The van der Waals surface area contributed by atoms with Crippen LogP contribution in [0.3, 0.4) is 0 Å². The van der Waals surface area contributed by atoms with Gasteiger partial charge in [0, 0.05) is 12.1 Å². The smallest absolute Gasteiger partial charge is 0.165 e. The molecule has 1 aromatic heterocycles. The van der Waals surface area contributed by atoms with E-state index in [2.05, 4.69) is 26.1 Å². The maximum Gasteiger partial charge on any atom is 0.165 e. The lowest BCUT2D eigenvalue weighted by Crippen LogP contribution is -2.02. The van der Waals surface area contributed by atoms with Crippen molar-refractivity contribution in [2.24, 2.45) is 0 Å². The summed E-state index contributed by atoms with van der Waals surface area (Å²) in [5, 5.41) is 8.78. The summed E-state index contributed by atoms with van der Waals surface area (Å²) in [6.07, 6.45) is 0. The van der Waals surface area contributed by atoms with Gasteiger partial charge in [0.05, 0.1) is 10.4 Å². The Bertz CT molecular complexity index is 542. The molecule has 3 nitrogen and oxygen atoms in total. The average Bonchev–Trinajstić information content (AvgIpc) is 2.75. The Morgan fingerprint density at radius 3 is 2.82 bits per heavy atom. The van der Waals surface area contributed by atoms with Gasteiger partial charge in [-0.3, -0.25) is 0 Å². The van der Waals surface area contributed by atoms with Crippen LogP contribution in [0.15, 0.2) is 18.2 Å². The molecular formula is C11H10BrClFN3. The molecule has 0 bridgehead atoms. The molecule has 2 aromatic rings. The van der Waals surface area contributed by atoms with E-state index in [1.807, 2.05) is 11.5 Å². The lowest BCUT2D eigenvalue weighted by atomic mass is 10.2. The standard InChI is InChI=1S/C11H10BrClFN3/c1-2-17-9(6-12)15-16-11(17)7-4-3-5-8(14)10(7)13/h3-5H,2,6H2,1H3. The molecule has 0 N–H and O–H groups in total. The van der Waals surface area contributed by atoms with E-state index in [9.17, 15) is 4.39 Å². The SMILES string of the molecule is CCn1c(CBr)nnc1-c1cccc(F)c1Cl. The van der Waals surface area contributed by atoms with Gasteiger partial charge in [-0.05, 0) is 19.1 Å². The van der Waals surface area contributed by atoms with Crippen LogP contribution in [0.25, 0.3) is 11.4 Å².